The third-order valence-electron chi connectivity index (χ3n) is 4.90. The van der Waals surface area contributed by atoms with Crippen LogP contribution in [0.4, 0.5) is 0 Å². The summed E-state index contributed by atoms with van der Waals surface area (Å²) in [4.78, 5) is 14.6. The van der Waals surface area contributed by atoms with Crippen molar-refractivity contribution >= 4 is 15.9 Å². The lowest BCUT2D eigenvalue weighted by atomic mass is 9.78. The summed E-state index contributed by atoms with van der Waals surface area (Å²) < 4.78 is 25.2. The predicted molar refractivity (Wildman–Crippen MR) is 86.6 cm³/mol. The highest BCUT2D eigenvalue weighted by atomic mass is 32.2. The van der Waals surface area contributed by atoms with E-state index in [1.54, 1.807) is 6.92 Å². The van der Waals surface area contributed by atoms with Crippen LogP contribution < -0.4 is 0 Å². The van der Waals surface area contributed by atoms with E-state index < -0.39 is 10.0 Å². The van der Waals surface area contributed by atoms with E-state index in [1.807, 2.05) is 4.90 Å². The summed E-state index contributed by atoms with van der Waals surface area (Å²) >= 11 is 0. The van der Waals surface area contributed by atoms with Crippen LogP contribution in [-0.2, 0) is 14.8 Å². The highest BCUT2D eigenvalue weighted by Crippen LogP contribution is 2.35. The normalized spacial score (nSPS) is 25.6. The van der Waals surface area contributed by atoms with Crippen LogP contribution in [0.3, 0.4) is 0 Å². The minimum absolute atomic E-state index is 0.0337. The Morgan fingerprint density at radius 3 is 2.64 bits per heavy atom. The molecule has 5 nitrogen and oxygen atoms in total. The number of rotatable bonds is 5. The maximum Gasteiger partial charge on any atom is 0.238 e. The highest BCUT2D eigenvalue weighted by molar-refractivity contribution is 7.89. The van der Waals surface area contributed by atoms with E-state index in [-0.39, 0.29) is 24.7 Å². The van der Waals surface area contributed by atoms with Crippen molar-refractivity contribution in [1.29, 1.82) is 0 Å². The van der Waals surface area contributed by atoms with Crippen molar-refractivity contribution in [2.24, 2.45) is 5.92 Å². The summed E-state index contributed by atoms with van der Waals surface area (Å²) in [5.41, 5.74) is 0. The molecule has 2 aliphatic rings. The smallest absolute Gasteiger partial charge is 0.238 e. The van der Waals surface area contributed by atoms with Gasteiger partial charge in [-0.25, -0.2) is 8.42 Å². The van der Waals surface area contributed by atoms with Crippen molar-refractivity contribution in [2.75, 3.05) is 25.4 Å². The molecule has 22 heavy (non-hydrogen) atoms. The Hall–Kier alpha value is -1.06. The van der Waals surface area contributed by atoms with Crippen LogP contribution in [0.25, 0.3) is 0 Å². The van der Waals surface area contributed by atoms with Gasteiger partial charge in [-0.2, -0.15) is 4.31 Å². The third-order valence-corrected chi connectivity index (χ3v) is 6.68. The molecule has 1 saturated carbocycles. The molecule has 0 aromatic heterocycles. The van der Waals surface area contributed by atoms with Gasteiger partial charge in [0.1, 0.15) is 0 Å². The first-order valence-electron chi connectivity index (χ1n) is 8.20. The van der Waals surface area contributed by atoms with Gasteiger partial charge in [0.2, 0.25) is 15.9 Å². The fourth-order valence-corrected chi connectivity index (χ4v) is 4.66. The fraction of sp³-hybridized carbons (Fsp3) is 0.812. The lowest BCUT2D eigenvalue weighted by Crippen LogP contribution is -2.53. The Labute approximate surface area is 134 Å². The number of sulfonamides is 1. The summed E-state index contributed by atoms with van der Waals surface area (Å²) in [6.07, 6.45) is 12.1. The molecule has 2 fully saturated rings. The largest absolute Gasteiger partial charge is 0.338 e. The third kappa shape index (κ3) is 3.82. The predicted octanol–water partition coefficient (Wildman–Crippen LogP) is 1.45. The average Bonchev–Trinajstić information content (AvgIpc) is 2.53. The second kappa shape index (κ2) is 7.47. The van der Waals surface area contributed by atoms with Gasteiger partial charge in [-0.1, -0.05) is 18.8 Å². The van der Waals surface area contributed by atoms with E-state index in [0.29, 0.717) is 12.0 Å². The number of hydrogen-bond donors (Lipinski definition) is 0. The molecule has 0 spiro atoms. The number of fused-ring (bicyclic) bond motifs is 1. The van der Waals surface area contributed by atoms with E-state index in [1.165, 1.54) is 19.3 Å². The second-order valence-electron chi connectivity index (χ2n) is 6.21. The van der Waals surface area contributed by atoms with Crippen molar-refractivity contribution in [1.82, 2.24) is 9.21 Å². The molecule has 1 heterocycles. The number of terminal acetylenes is 1. The van der Waals surface area contributed by atoms with Gasteiger partial charge in [-0.3, -0.25) is 4.79 Å². The molecule has 0 N–H and O–H groups in total. The maximum atomic E-state index is 12.7. The van der Waals surface area contributed by atoms with Gasteiger partial charge in [0, 0.05) is 12.6 Å². The standard InChI is InChI=1S/C16H26N2O3S/c1-3-11-17(22(20,21)4-2)13-16(19)18-12-7-9-14-8-5-6-10-15(14)18/h1,14-15H,4-13H2,2H3/t14-,15-/m0/s1. The summed E-state index contributed by atoms with van der Waals surface area (Å²) in [5.74, 6) is 2.81. The van der Waals surface area contributed by atoms with Crippen LogP contribution in [-0.4, -0.2) is 55.0 Å². The number of piperidine rings is 1. The first kappa shape index (κ1) is 17.3. The lowest BCUT2D eigenvalue weighted by Gasteiger charge is -2.44. The fourth-order valence-electron chi connectivity index (χ4n) is 3.71. The van der Waals surface area contributed by atoms with Crippen molar-refractivity contribution in [3.05, 3.63) is 0 Å². The van der Waals surface area contributed by atoms with Gasteiger partial charge in [0.25, 0.3) is 0 Å². The van der Waals surface area contributed by atoms with Gasteiger partial charge >= 0.3 is 0 Å². The Morgan fingerprint density at radius 1 is 1.27 bits per heavy atom. The second-order valence-corrected chi connectivity index (χ2v) is 8.47. The Bertz CT molecular complexity index is 536. The van der Waals surface area contributed by atoms with Crippen LogP contribution in [0.15, 0.2) is 0 Å². The first-order valence-corrected chi connectivity index (χ1v) is 9.81. The van der Waals surface area contributed by atoms with E-state index in [0.717, 1.165) is 30.1 Å². The van der Waals surface area contributed by atoms with Crippen LogP contribution in [0.2, 0.25) is 0 Å². The van der Waals surface area contributed by atoms with Gasteiger partial charge in [0.05, 0.1) is 18.8 Å². The number of amides is 1. The molecular weight excluding hydrogens is 300 g/mol. The number of nitrogens with zero attached hydrogens (tertiary/aromatic N) is 2. The zero-order valence-electron chi connectivity index (χ0n) is 13.3. The molecule has 0 unspecified atom stereocenters. The van der Waals surface area contributed by atoms with Gasteiger partial charge in [0.15, 0.2) is 0 Å². The molecule has 0 aromatic carbocycles. The molecular formula is C16H26N2O3S. The number of hydrogen-bond acceptors (Lipinski definition) is 3. The Morgan fingerprint density at radius 2 is 1.95 bits per heavy atom. The quantitative estimate of drug-likeness (QED) is 0.719. The SMILES string of the molecule is C#CCN(CC(=O)N1CCC[C@@H]2CCCC[C@@H]21)S(=O)(=O)CC. The lowest BCUT2D eigenvalue weighted by molar-refractivity contribution is -0.137. The van der Waals surface area contributed by atoms with Crippen LogP contribution in [0.1, 0.15) is 45.4 Å². The topological polar surface area (TPSA) is 57.7 Å². The molecule has 1 amide bonds. The zero-order valence-corrected chi connectivity index (χ0v) is 14.1. The van der Waals surface area contributed by atoms with Crippen molar-refractivity contribution in [3.8, 4) is 12.3 Å². The molecule has 1 saturated heterocycles. The minimum atomic E-state index is -3.44. The summed E-state index contributed by atoms with van der Waals surface area (Å²) in [7, 11) is -3.44. The van der Waals surface area contributed by atoms with Crippen molar-refractivity contribution < 1.29 is 13.2 Å². The highest BCUT2D eigenvalue weighted by Gasteiger charge is 2.36. The summed E-state index contributed by atoms with van der Waals surface area (Å²) in [6.45, 7) is 2.16. The molecule has 6 heteroatoms. The molecule has 124 valence electrons. The molecule has 1 aliphatic heterocycles. The number of likely N-dealkylation sites (tertiary alicyclic amines) is 1. The summed E-state index contributed by atoms with van der Waals surface area (Å²) in [6, 6.07) is 0.298. The van der Waals surface area contributed by atoms with Crippen LogP contribution in [0.5, 0.6) is 0 Å². The van der Waals surface area contributed by atoms with E-state index >= 15 is 0 Å². The number of carbonyl (C=O) groups is 1. The molecule has 2 atom stereocenters. The zero-order chi connectivity index (χ0) is 16.2. The first-order chi connectivity index (χ1) is 10.5. The van der Waals surface area contributed by atoms with Crippen molar-refractivity contribution in [2.45, 2.75) is 51.5 Å². The van der Waals surface area contributed by atoms with Crippen LogP contribution >= 0.6 is 0 Å². The molecule has 0 bridgehead atoms. The van der Waals surface area contributed by atoms with E-state index in [2.05, 4.69) is 5.92 Å². The molecule has 0 aromatic rings. The van der Waals surface area contributed by atoms with Gasteiger partial charge in [-0.15, -0.1) is 6.42 Å². The van der Waals surface area contributed by atoms with Gasteiger partial charge in [-0.05, 0) is 38.5 Å². The molecule has 1 aliphatic carbocycles. The Balaban J connectivity index is 2.07. The van der Waals surface area contributed by atoms with Crippen LogP contribution in [0, 0.1) is 18.3 Å². The van der Waals surface area contributed by atoms with E-state index in [9.17, 15) is 13.2 Å². The van der Waals surface area contributed by atoms with Gasteiger partial charge < -0.3 is 4.90 Å². The minimum Gasteiger partial charge on any atom is -0.338 e. The van der Waals surface area contributed by atoms with E-state index in [4.69, 9.17) is 6.42 Å². The molecule has 2 rings (SSSR count). The Kier molecular flexibility index (Phi) is 5.87. The average molecular weight is 326 g/mol. The monoisotopic (exact) mass is 326 g/mol. The molecule has 0 radical (unpaired) electrons. The maximum absolute atomic E-state index is 12.7. The summed E-state index contributed by atoms with van der Waals surface area (Å²) in [5, 5.41) is 0. The number of carbonyl (C=O) groups excluding carboxylic acids is 1. The van der Waals surface area contributed by atoms with Crippen molar-refractivity contribution in [3.63, 3.8) is 0 Å².